The van der Waals surface area contributed by atoms with Gasteiger partial charge in [0.15, 0.2) is 0 Å². The van der Waals surface area contributed by atoms with Gasteiger partial charge in [0.05, 0.1) is 0 Å². The molecule has 4 nitrogen and oxygen atoms in total. The first kappa shape index (κ1) is 11.0. The molecule has 80 valence electrons. The van der Waals surface area contributed by atoms with Crippen LogP contribution >= 0.6 is 0 Å². The highest BCUT2D eigenvalue weighted by molar-refractivity contribution is 5.78. The molecule has 4 heteroatoms. The lowest BCUT2D eigenvalue weighted by Gasteiger charge is -2.21. The number of nitrogens with zero attached hydrogens (tertiary/aromatic N) is 1. The van der Waals surface area contributed by atoms with Crippen molar-refractivity contribution in [3.8, 4) is 0 Å². The molecule has 1 N–H and O–H groups in total. The average Bonchev–Trinajstić information content (AvgIpc) is 2.51. The molecule has 1 rings (SSSR count). The van der Waals surface area contributed by atoms with E-state index < -0.39 is 0 Å². The molecule has 0 aliphatic carbocycles. The maximum Gasteiger partial charge on any atom is 0.222 e. The fourth-order valence-electron chi connectivity index (χ4n) is 1.65. The lowest BCUT2D eigenvalue weighted by Crippen LogP contribution is -2.42. The van der Waals surface area contributed by atoms with Crippen molar-refractivity contribution in [1.29, 1.82) is 0 Å². The van der Waals surface area contributed by atoms with Gasteiger partial charge >= 0.3 is 0 Å². The Morgan fingerprint density at radius 3 is 2.86 bits per heavy atom. The van der Waals surface area contributed by atoms with E-state index in [4.69, 9.17) is 0 Å². The molecule has 2 amide bonds. The molecule has 0 saturated carbocycles. The van der Waals surface area contributed by atoms with Gasteiger partial charge in [-0.1, -0.05) is 6.92 Å². The molecule has 0 aromatic carbocycles. The van der Waals surface area contributed by atoms with Crippen molar-refractivity contribution < 1.29 is 9.59 Å². The summed E-state index contributed by atoms with van der Waals surface area (Å²) >= 11 is 0. The largest absolute Gasteiger partial charge is 0.352 e. The summed E-state index contributed by atoms with van der Waals surface area (Å²) < 4.78 is 0. The smallest absolute Gasteiger partial charge is 0.222 e. The van der Waals surface area contributed by atoms with Gasteiger partial charge in [0.25, 0.3) is 0 Å². The fraction of sp³-hybridized carbons (Fsp3) is 0.800. The third-order valence-electron chi connectivity index (χ3n) is 2.39. The second-order valence-electron chi connectivity index (χ2n) is 3.77. The highest BCUT2D eigenvalue weighted by atomic mass is 16.2. The lowest BCUT2D eigenvalue weighted by atomic mass is 10.3. The number of likely N-dealkylation sites (tertiary alicyclic amines) is 1. The molecule has 0 aromatic rings. The molecular weight excluding hydrogens is 180 g/mol. The van der Waals surface area contributed by atoms with E-state index in [1.807, 2.05) is 18.7 Å². The quantitative estimate of drug-likeness (QED) is 0.716. The normalized spacial score (nSPS) is 18.4. The molecule has 1 heterocycles. The van der Waals surface area contributed by atoms with Crippen molar-refractivity contribution in [2.24, 2.45) is 0 Å². The highest BCUT2D eigenvalue weighted by Gasteiger charge is 2.21. The van der Waals surface area contributed by atoms with Crippen LogP contribution < -0.4 is 5.32 Å². The second-order valence-corrected chi connectivity index (χ2v) is 3.77. The van der Waals surface area contributed by atoms with E-state index in [-0.39, 0.29) is 17.9 Å². The Hall–Kier alpha value is -1.06. The van der Waals surface area contributed by atoms with Crippen LogP contribution in [-0.4, -0.2) is 35.8 Å². The Bertz CT molecular complexity index is 228. The number of hydrogen-bond donors (Lipinski definition) is 1. The minimum absolute atomic E-state index is 0.0455. The fourth-order valence-corrected chi connectivity index (χ4v) is 1.65. The van der Waals surface area contributed by atoms with E-state index >= 15 is 0 Å². The Balaban J connectivity index is 2.29. The van der Waals surface area contributed by atoms with E-state index in [9.17, 15) is 9.59 Å². The first-order chi connectivity index (χ1) is 6.63. The summed E-state index contributed by atoms with van der Waals surface area (Å²) in [6, 6.07) is 0.0597. The van der Waals surface area contributed by atoms with Crippen LogP contribution in [0.25, 0.3) is 0 Å². The first-order valence-electron chi connectivity index (χ1n) is 5.20. The van der Waals surface area contributed by atoms with Gasteiger partial charge in [-0.3, -0.25) is 9.59 Å². The predicted octanol–water partition coefficient (Wildman–Crippen LogP) is 0.523. The standard InChI is InChI=1S/C10H18N2O2/c1-3-9(13)11-8(2)7-12-6-4-5-10(12)14/h8H,3-7H2,1-2H3,(H,11,13). The Kier molecular flexibility index (Phi) is 3.92. The number of carbonyl (C=O) groups excluding carboxylic acids is 2. The summed E-state index contributed by atoms with van der Waals surface area (Å²) in [6.07, 6.45) is 2.11. The monoisotopic (exact) mass is 198 g/mol. The molecule has 0 spiro atoms. The summed E-state index contributed by atoms with van der Waals surface area (Å²) in [5.41, 5.74) is 0. The van der Waals surface area contributed by atoms with Gasteiger partial charge in [-0.05, 0) is 13.3 Å². The van der Waals surface area contributed by atoms with Gasteiger partial charge in [-0.25, -0.2) is 0 Å². The zero-order valence-electron chi connectivity index (χ0n) is 8.88. The van der Waals surface area contributed by atoms with Crippen molar-refractivity contribution >= 4 is 11.8 Å². The summed E-state index contributed by atoms with van der Waals surface area (Å²) in [4.78, 5) is 24.2. The molecular formula is C10H18N2O2. The molecule has 14 heavy (non-hydrogen) atoms. The van der Waals surface area contributed by atoms with E-state index in [1.165, 1.54) is 0 Å². The molecule has 1 aliphatic rings. The van der Waals surface area contributed by atoms with Gasteiger partial charge in [0.1, 0.15) is 0 Å². The average molecular weight is 198 g/mol. The van der Waals surface area contributed by atoms with Crippen LogP contribution in [0.2, 0.25) is 0 Å². The van der Waals surface area contributed by atoms with Crippen molar-refractivity contribution in [2.75, 3.05) is 13.1 Å². The predicted molar refractivity (Wildman–Crippen MR) is 53.7 cm³/mol. The van der Waals surface area contributed by atoms with Gasteiger partial charge in [-0.2, -0.15) is 0 Å². The third kappa shape index (κ3) is 3.01. The summed E-state index contributed by atoms with van der Waals surface area (Å²) in [5, 5.41) is 2.84. The van der Waals surface area contributed by atoms with E-state index in [0.29, 0.717) is 19.4 Å². The number of rotatable bonds is 4. The van der Waals surface area contributed by atoms with Crippen molar-refractivity contribution in [3.63, 3.8) is 0 Å². The van der Waals surface area contributed by atoms with Crippen molar-refractivity contribution in [3.05, 3.63) is 0 Å². The number of amides is 2. The summed E-state index contributed by atoms with van der Waals surface area (Å²) in [7, 11) is 0. The highest BCUT2D eigenvalue weighted by Crippen LogP contribution is 2.09. The maximum absolute atomic E-state index is 11.3. The van der Waals surface area contributed by atoms with E-state index in [2.05, 4.69) is 5.32 Å². The number of hydrogen-bond acceptors (Lipinski definition) is 2. The van der Waals surface area contributed by atoms with Crippen LogP contribution in [0.1, 0.15) is 33.1 Å². The third-order valence-corrected chi connectivity index (χ3v) is 2.39. The summed E-state index contributed by atoms with van der Waals surface area (Å²) in [5.74, 6) is 0.256. The van der Waals surface area contributed by atoms with Crippen LogP contribution in [0.5, 0.6) is 0 Å². The van der Waals surface area contributed by atoms with Crippen molar-refractivity contribution in [1.82, 2.24) is 10.2 Å². The van der Waals surface area contributed by atoms with E-state index in [1.54, 1.807) is 0 Å². The Labute approximate surface area is 84.7 Å². The SMILES string of the molecule is CCC(=O)NC(C)CN1CCCC1=O. The molecule has 1 unspecified atom stereocenters. The van der Waals surface area contributed by atoms with Gasteiger partial charge in [-0.15, -0.1) is 0 Å². The molecule has 1 aliphatic heterocycles. The number of nitrogens with one attached hydrogen (secondary N) is 1. The zero-order valence-corrected chi connectivity index (χ0v) is 8.88. The van der Waals surface area contributed by atoms with Crippen LogP contribution in [0.3, 0.4) is 0 Å². The minimum atomic E-state index is 0.0455. The van der Waals surface area contributed by atoms with Crippen molar-refractivity contribution in [2.45, 2.75) is 39.2 Å². The maximum atomic E-state index is 11.3. The first-order valence-corrected chi connectivity index (χ1v) is 5.20. The zero-order chi connectivity index (χ0) is 10.6. The van der Waals surface area contributed by atoms with E-state index in [0.717, 1.165) is 13.0 Å². The molecule has 0 aromatic heterocycles. The minimum Gasteiger partial charge on any atom is -0.352 e. The second kappa shape index (κ2) is 4.98. The van der Waals surface area contributed by atoms with Crippen LogP contribution in [0.4, 0.5) is 0 Å². The number of carbonyl (C=O) groups is 2. The van der Waals surface area contributed by atoms with Crippen LogP contribution in [-0.2, 0) is 9.59 Å². The van der Waals surface area contributed by atoms with Gasteiger partial charge in [0.2, 0.25) is 11.8 Å². The molecule has 0 bridgehead atoms. The topological polar surface area (TPSA) is 49.4 Å². The molecule has 1 fully saturated rings. The molecule has 1 saturated heterocycles. The van der Waals surface area contributed by atoms with Crippen LogP contribution in [0.15, 0.2) is 0 Å². The Morgan fingerprint density at radius 1 is 1.64 bits per heavy atom. The molecule has 1 atom stereocenters. The van der Waals surface area contributed by atoms with Gasteiger partial charge in [0, 0.05) is 32.0 Å². The van der Waals surface area contributed by atoms with Crippen LogP contribution in [0, 0.1) is 0 Å². The molecule has 0 radical (unpaired) electrons. The summed E-state index contributed by atoms with van der Waals surface area (Å²) in [6.45, 7) is 5.23. The van der Waals surface area contributed by atoms with Gasteiger partial charge < -0.3 is 10.2 Å². The lowest BCUT2D eigenvalue weighted by molar-refractivity contribution is -0.129. The Morgan fingerprint density at radius 2 is 2.36 bits per heavy atom.